The lowest BCUT2D eigenvalue weighted by molar-refractivity contribution is 0.233. The van der Waals surface area contributed by atoms with Gasteiger partial charge in [-0.15, -0.1) is 0 Å². The molecule has 1 aliphatic rings. The van der Waals surface area contributed by atoms with E-state index < -0.39 is 0 Å². The molecule has 5 nitrogen and oxygen atoms in total. The monoisotopic (exact) mass is 341 g/mol. The molecule has 25 heavy (non-hydrogen) atoms. The van der Waals surface area contributed by atoms with Gasteiger partial charge in [-0.1, -0.05) is 30.3 Å². The summed E-state index contributed by atoms with van der Waals surface area (Å²) in [6.07, 6.45) is 1.00. The SMILES string of the molecule is COc1ccc2ccccc2c1CNC(=O)NC1CCN(C(C)C)C1. The lowest BCUT2D eigenvalue weighted by Gasteiger charge is -2.20. The van der Waals surface area contributed by atoms with Crippen molar-refractivity contribution in [1.29, 1.82) is 0 Å². The fraction of sp³-hybridized carbons (Fsp3) is 0.450. The molecule has 5 heteroatoms. The number of hydrogen-bond acceptors (Lipinski definition) is 3. The summed E-state index contributed by atoms with van der Waals surface area (Å²) in [4.78, 5) is 14.7. The van der Waals surface area contributed by atoms with Crippen molar-refractivity contribution >= 4 is 16.8 Å². The molecule has 0 spiro atoms. The standard InChI is InChI=1S/C20H27N3O2/c1-14(2)23-11-10-16(13-23)22-20(24)21-12-18-17-7-5-4-6-15(17)8-9-19(18)25-3/h4-9,14,16H,10-13H2,1-3H3,(H2,21,22,24). The van der Waals surface area contributed by atoms with Gasteiger partial charge in [0.15, 0.2) is 0 Å². The van der Waals surface area contributed by atoms with Crippen LogP contribution in [0, 0.1) is 0 Å². The lowest BCUT2D eigenvalue weighted by atomic mass is 10.0. The van der Waals surface area contributed by atoms with E-state index in [1.165, 1.54) is 0 Å². The Balaban J connectivity index is 1.63. The Kier molecular flexibility index (Phi) is 5.43. The van der Waals surface area contributed by atoms with Crippen LogP contribution in [0.5, 0.6) is 5.75 Å². The van der Waals surface area contributed by atoms with E-state index in [-0.39, 0.29) is 12.1 Å². The van der Waals surface area contributed by atoms with Crippen LogP contribution in [0.25, 0.3) is 10.8 Å². The molecule has 2 N–H and O–H groups in total. The van der Waals surface area contributed by atoms with E-state index in [9.17, 15) is 4.79 Å². The molecule has 0 saturated carbocycles. The second-order valence-corrected chi connectivity index (χ2v) is 6.87. The molecule has 1 fully saturated rings. The molecule has 1 aliphatic heterocycles. The minimum atomic E-state index is -0.120. The third kappa shape index (κ3) is 4.04. The average Bonchev–Trinajstić information content (AvgIpc) is 3.08. The summed E-state index contributed by atoms with van der Waals surface area (Å²) in [5.41, 5.74) is 1.01. The Morgan fingerprint density at radius 3 is 2.80 bits per heavy atom. The number of rotatable bonds is 5. The molecule has 0 aliphatic carbocycles. The second-order valence-electron chi connectivity index (χ2n) is 6.87. The number of carbonyl (C=O) groups excluding carboxylic acids is 1. The Labute approximate surface area is 149 Å². The van der Waals surface area contributed by atoms with Crippen molar-refractivity contribution in [3.05, 3.63) is 42.0 Å². The second kappa shape index (κ2) is 7.74. The van der Waals surface area contributed by atoms with Crippen molar-refractivity contribution in [3.63, 3.8) is 0 Å². The number of amides is 2. The van der Waals surface area contributed by atoms with Gasteiger partial charge in [-0.05, 0) is 37.1 Å². The molecule has 0 aromatic heterocycles. The van der Waals surface area contributed by atoms with Gasteiger partial charge in [0, 0.05) is 37.3 Å². The van der Waals surface area contributed by atoms with Gasteiger partial charge in [-0.2, -0.15) is 0 Å². The Morgan fingerprint density at radius 1 is 1.28 bits per heavy atom. The summed E-state index contributed by atoms with van der Waals surface area (Å²) in [6.45, 7) is 6.78. The van der Waals surface area contributed by atoms with Gasteiger partial charge in [0.1, 0.15) is 5.75 Å². The zero-order valence-electron chi connectivity index (χ0n) is 15.2. The highest BCUT2D eigenvalue weighted by Gasteiger charge is 2.25. The summed E-state index contributed by atoms with van der Waals surface area (Å²) in [6, 6.07) is 12.8. The first-order valence-electron chi connectivity index (χ1n) is 8.91. The van der Waals surface area contributed by atoms with Crippen LogP contribution in [-0.4, -0.2) is 43.2 Å². The molecule has 2 amide bonds. The molecule has 0 radical (unpaired) electrons. The smallest absolute Gasteiger partial charge is 0.315 e. The van der Waals surface area contributed by atoms with E-state index >= 15 is 0 Å². The minimum absolute atomic E-state index is 0.120. The first-order chi connectivity index (χ1) is 12.1. The van der Waals surface area contributed by atoms with Crippen molar-refractivity contribution < 1.29 is 9.53 Å². The number of urea groups is 1. The Bertz CT molecular complexity index is 745. The molecule has 2 aromatic rings. The van der Waals surface area contributed by atoms with Gasteiger partial charge in [0.05, 0.1) is 7.11 Å². The molecule has 2 aromatic carbocycles. The van der Waals surface area contributed by atoms with E-state index in [1.54, 1.807) is 7.11 Å². The molecule has 1 atom stereocenters. The van der Waals surface area contributed by atoms with Crippen molar-refractivity contribution in [2.45, 2.75) is 38.9 Å². The molecular formula is C20H27N3O2. The van der Waals surface area contributed by atoms with Crippen LogP contribution in [0.2, 0.25) is 0 Å². The van der Waals surface area contributed by atoms with E-state index in [4.69, 9.17) is 4.74 Å². The lowest BCUT2D eigenvalue weighted by Crippen LogP contribution is -2.43. The Hall–Kier alpha value is -2.27. The van der Waals surface area contributed by atoms with E-state index in [0.29, 0.717) is 12.6 Å². The zero-order chi connectivity index (χ0) is 17.8. The fourth-order valence-electron chi connectivity index (χ4n) is 3.47. The highest BCUT2D eigenvalue weighted by Crippen LogP contribution is 2.27. The van der Waals surface area contributed by atoms with Crippen LogP contribution >= 0.6 is 0 Å². The number of benzene rings is 2. The first-order valence-corrected chi connectivity index (χ1v) is 8.91. The zero-order valence-corrected chi connectivity index (χ0v) is 15.2. The van der Waals surface area contributed by atoms with Gasteiger partial charge in [-0.25, -0.2) is 4.79 Å². The molecular weight excluding hydrogens is 314 g/mol. The number of nitrogens with zero attached hydrogens (tertiary/aromatic N) is 1. The fourth-order valence-corrected chi connectivity index (χ4v) is 3.47. The van der Waals surface area contributed by atoms with E-state index in [0.717, 1.165) is 41.6 Å². The molecule has 1 heterocycles. The first kappa shape index (κ1) is 17.5. The van der Waals surface area contributed by atoms with Crippen molar-refractivity contribution in [3.8, 4) is 5.75 Å². The normalized spacial score (nSPS) is 17.8. The number of ether oxygens (including phenoxy) is 1. The maximum absolute atomic E-state index is 12.3. The molecule has 134 valence electrons. The van der Waals surface area contributed by atoms with Gasteiger partial charge >= 0.3 is 6.03 Å². The summed E-state index contributed by atoms with van der Waals surface area (Å²) >= 11 is 0. The van der Waals surface area contributed by atoms with Crippen molar-refractivity contribution in [1.82, 2.24) is 15.5 Å². The number of likely N-dealkylation sites (tertiary alicyclic amines) is 1. The highest BCUT2D eigenvalue weighted by molar-refractivity contribution is 5.88. The summed E-state index contributed by atoms with van der Waals surface area (Å²) < 4.78 is 5.48. The third-order valence-corrected chi connectivity index (χ3v) is 4.93. The number of methoxy groups -OCH3 is 1. The van der Waals surface area contributed by atoms with Crippen molar-refractivity contribution in [2.24, 2.45) is 0 Å². The predicted octanol–water partition coefficient (Wildman–Crippen LogP) is 3.13. The molecule has 1 unspecified atom stereocenters. The predicted molar refractivity (Wildman–Crippen MR) is 101 cm³/mol. The summed E-state index contributed by atoms with van der Waals surface area (Å²) in [7, 11) is 1.66. The van der Waals surface area contributed by atoms with Crippen LogP contribution in [-0.2, 0) is 6.54 Å². The number of carbonyl (C=O) groups is 1. The minimum Gasteiger partial charge on any atom is -0.496 e. The number of hydrogen-bond donors (Lipinski definition) is 2. The van der Waals surface area contributed by atoms with Crippen LogP contribution in [0.15, 0.2) is 36.4 Å². The summed E-state index contributed by atoms with van der Waals surface area (Å²) in [5.74, 6) is 0.797. The molecule has 1 saturated heterocycles. The van der Waals surface area contributed by atoms with E-state index in [2.05, 4.69) is 41.5 Å². The molecule has 0 bridgehead atoms. The average molecular weight is 341 g/mol. The molecule has 3 rings (SSSR count). The maximum Gasteiger partial charge on any atom is 0.315 e. The summed E-state index contributed by atoms with van der Waals surface area (Å²) in [5, 5.41) is 8.32. The van der Waals surface area contributed by atoms with Gasteiger partial charge < -0.3 is 15.4 Å². The van der Waals surface area contributed by atoms with E-state index in [1.807, 2.05) is 24.3 Å². The third-order valence-electron chi connectivity index (χ3n) is 4.93. The van der Waals surface area contributed by atoms with Crippen molar-refractivity contribution in [2.75, 3.05) is 20.2 Å². The maximum atomic E-state index is 12.3. The highest BCUT2D eigenvalue weighted by atomic mass is 16.5. The van der Waals surface area contributed by atoms with Crippen LogP contribution in [0.1, 0.15) is 25.8 Å². The number of fused-ring (bicyclic) bond motifs is 1. The van der Waals surface area contributed by atoms with Gasteiger partial charge in [0.2, 0.25) is 0 Å². The van der Waals surface area contributed by atoms with Crippen LogP contribution in [0.3, 0.4) is 0 Å². The van der Waals surface area contributed by atoms with Crippen LogP contribution in [0.4, 0.5) is 4.79 Å². The Morgan fingerprint density at radius 2 is 2.08 bits per heavy atom. The topological polar surface area (TPSA) is 53.6 Å². The van der Waals surface area contributed by atoms with Crippen LogP contribution < -0.4 is 15.4 Å². The number of nitrogens with one attached hydrogen (secondary N) is 2. The quantitative estimate of drug-likeness (QED) is 0.878. The van der Waals surface area contributed by atoms with Gasteiger partial charge in [0.25, 0.3) is 0 Å². The largest absolute Gasteiger partial charge is 0.496 e. The van der Waals surface area contributed by atoms with Gasteiger partial charge in [-0.3, -0.25) is 4.90 Å².